The molecule has 0 bridgehead atoms. The van der Waals surface area contributed by atoms with Gasteiger partial charge in [-0.05, 0) is 36.5 Å². The van der Waals surface area contributed by atoms with Crippen LogP contribution in [-0.4, -0.2) is 5.88 Å². The second kappa shape index (κ2) is 2.14. The molecule has 3 atom stereocenters. The highest BCUT2D eigenvalue weighted by molar-refractivity contribution is 6.18. The first-order valence-electron chi connectivity index (χ1n) is 4.35. The van der Waals surface area contributed by atoms with Gasteiger partial charge in [0.25, 0.3) is 0 Å². The minimum Gasteiger partial charge on any atom is -0.126 e. The summed E-state index contributed by atoms with van der Waals surface area (Å²) in [7, 11) is 0. The Balaban J connectivity index is 2.08. The molecular formula is C9H15Cl. The fourth-order valence-corrected chi connectivity index (χ4v) is 3.29. The molecule has 0 aromatic carbocycles. The Bertz CT molecular complexity index is 144. The summed E-state index contributed by atoms with van der Waals surface area (Å²) in [6, 6.07) is 0. The first-order valence-corrected chi connectivity index (χ1v) is 4.89. The number of hydrogen-bond acceptors (Lipinski definition) is 0. The van der Waals surface area contributed by atoms with Gasteiger partial charge in [0, 0.05) is 5.88 Å². The Labute approximate surface area is 68.0 Å². The SMILES string of the molecule is CC1CC12CCCC2CCl. The molecule has 1 heteroatoms. The summed E-state index contributed by atoms with van der Waals surface area (Å²) in [5.74, 6) is 2.76. The fourth-order valence-electron chi connectivity index (χ4n) is 2.83. The molecule has 2 saturated carbocycles. The fraction of sp³-hybridized carbons (Fsp3) is 1.00. The smallest absolute Gasteiger partial charge is 0.0257 e. The van der Waals surface area contributed by atoms with Crippen molar-refractivity contribution in [3.8, 4) is 0 Å². The van der Waals surface area contributed by atoms with Crippen molar-refractivity contribution in [3.63, 3.8) is 0 Å². The maximum atomic E-state index is 5.90. The van der Waals surface area contributed by atoms with Crippen LogP contribution in [0.1, 0.15) is 32.6 Å². The Kier molecular flexibility index (Phi) is 1.49. The van der Waals surface area contributed by atoms with E-state index in [2.05, 4.69) is 6.92 Å². The van der Waals surface area contributed by atoms with Crippen molar-refractivity contribution >= 4 is 11.6 Å². The average Bonchev–Trinajstić information content (AvgIpc) is 2.45. The van der Waals surface area contributed by atoms with Crippen LogP contribution in [-0.2, 0) is 0 Å². The van der Waals surface area contributed by atoms with Crippen molar-refractivity contribution in [2.45, 2.75) is 32.6 Å². The molecule has 0 amide bonds. The lowest BCUT2D eigenvalue weighted by Gasteiger charge is -2.15. The molecule has 1 spiro atoms. The predicted molar refractivity (Wildman–Crippen MR) is 44.3 cm³/mol. The van der Waals surface area contributed by atoms with Gasteiger partial charge in [-0.1, -0.05) is 13.3 Å². The first kappa shape index (κ1) is 6.97. The summed E-state index contributed by atoms with van der Waals surface area (Å²) < 4.78 is 0. The van der Waals surface area contributed by atoms with E-state index >= 15 is 0 Å². The second-order valence-corrected chi connectivity index (χ2v) is 4.39. The standard InChI is InChI=1S/C9H15Cl/c1-7-5-9(7)4-2-3-8(9)6-10/h7-8H,2-6H2,1H3. The summed E-state index contributed by atoms with van der Waals surface area (Å²) in [5, 5.41) is 0. The van der Waals surface area contributed by atoms with Crippen molar-refractivity contribution in [2.24, 2.45) is 17.3 Å². The van der Waals surface area contributed by atoms with E-state index in [4.69, 9.17) is 11.6 Å². The van der Waals surface area contributed by atoms with E-state index in [1.165, 1.54) is 25.7 Å². The number of halogens is 1. The Morgan fingerprint density at radius 2 is 2.30 bits per heavy atom. The lowest BCUT2D eigenvalue weighted by molar-refractivity contribution is 0.369. The highest BCUT2D eigenvalue weighted by atomic mass is 35.5. The Morgan fingerprint density at radius 1 is 1.60 bits per heavy atom. The molecule has 2 rings (SSSR count). The van der Waals surface area contributed by atoms with Crippen LogP contribution >= 0.6 is 11.6 Å². The van der Waals surface area contributed by atoms with Crippen LogP contribution in [0.2, 0.25) is 0 Å². The second-order valence-electron chi connectivity index (χ2n) is 4.08. The van der Waals surface area contributed by atoms with Crippen molar-refractivity contribution < 1.29 is 0 Å². The summed E-state index contributed by atoms with van der Waals surface area (Å²) in [4.78, 5) is 0. The van der Waals surface area contributed by atoms with Crippen LogP contribution in [0.4, 0.5) is 0 Å². The number of hydrogen-bond donors (Lipinski definition) is 0. The van der Waals surface area contributed by atoms with Gasteiger partial charge in [0.05, 0.1) is 0 Å². The summed E-state index contributed by atoms with van der Waals surface area (Å²) in [6.07, 6.45) is 5.76. The molecule has 0 heterocycles. The van der Waals surface area contributed by atoms with Crippen molar-refractivity contribution in [1.29, 1.82) is 0 Å². The summed E-state index contributed by atoms with van der Waals surface area (Å²) >= 11 is 5.90. The average molecular weight is 159 g/mol. The van der Waals surface area contributed by atoms with Gasteiger partial charge in [0.15, 0.2) is 0 Å². The third-order valence-corrected chi connectivity index (χ3v) is 4.07. The summed E-state index contributed by atoms with van der Waals surface area (Å²) in [6.45, 7) is 2.38. The van der Waals surface area contributed by atoms with Crippen molar-refractivity contribution in [3.05, 3.63) is 0 Å². The third kappa shape index (κ3) is 0.747. The van der Waals surface area contributed by atoms with Gasteiger partial charge in [-0.3, -0.25) is 0 Å². The topological polar surface area (TPSA) is 0 Å². The molecule has 3 unspecified atom stereocenters. The van der Waals surface area contributed by atoms with E-state index in [1.54, 1.807) is 0 Å². The van der Waals surface area contributed by atoms with E-state index in [0.717, 1.165) is 23.1 Å². The highest BCUT2D eigenvalue weighted by Gasteiger charge is 2.57. The van der Waals surface area contributed by atoms with Crippen LogP contribution in [0.3, 0.4) is 0 Å². The molecule has 0 N–H and O–H groups in total. The molecule has 0 aliphatic heterocycles. The van der Waals surface area contributed by atoms with E-state index in [9.17, 15) is 0 Å². The van der Waals surface area contributed by atoms with E-state index < -0.39 is 0 Å². The van der Waals surface area contributed by atoms with Gasteiger partial charge in [-0.25, -0.2) is 0 Å². The molecule has 0 aromatic rings. The van der Waals surface area contributed by atoms with Crippen LogP contribution in [0.5, 0.6) is 0 Å². The minimum absolute atomic E-state index is 0.738. The lowest BCUT2D eigenvalue weighted by atomic mass is 9.92. The molecule has 2 aliphatic carbocycles. The molecule has 2 fully saturated rings. The van der Waals surface area contributed by atoms with Gasteiger partial charge >= 0.3 is 0 Å². The van der Waals surface area contributed by atoms with Gasteiger partial charge < -0.3 is 0 Å². The highest BCUT2D eigenvalue weighted by Crippen LogP contribution is 2.65. The third-order valence-electron chi connectivity index (χ3n) is 3.70. The van der Waals surface area contributed by atoms with E-state index in [0.29, 0.717) is 0 Å². The molecule has 10 heavy (non-hydrogen) atoms. The normalized spacial score (nSPS) is 52.2. The van der Waals surface area contributed by atoms with Crippen LogP contribution < -0.4 is 0 Å². The van der Waals surface area contributed by atoms with Crippen molar-refractivity contribution in [1.82, 2.24) is 0 Å². The van der Waals surface area contributed by atoms with Crippen molar-refractivity contribution in [2.75, 3.05) is 5.88 Å². The van der Waals surface area contributed by atoms with E-state index in [-0.39, 0.29) is 0 Å². The predicted octanol–water partition coefficient (Wildman–Crippen LogP) is 3.05. The van der Waals surface area contributed by atoms with Crippen LogP contribution in [0.15, 0.2) is 0 Å². The van der Waals surface area contributed by atoms with Gasteiger partial charge in [0.2, 0.25) is 0 Å². The molecule has 0 saturated heterocycles. The Morgan fingerprint density at radius 3 is 2.70 bits per heavy atom. The van der Waals surface area contributed by atoms with Crippen LogP contribution in [0, 0.1) is 17.3 Å². The zero-order valence-corrected chi connectivity index (χ0v) is 7.32. The van der Waals surface area contributed by atoms with Gasteiger partial charge in [0.1, 0.15) is 0 Å². The molecule has 58 valence electrons. The maximum absolute atomic E-state index is 5.90. The van der Waals surface area contributed by atoms with Gasteiger partial charge in [-0.15, -0.1) is 11.6 Å². The zero-order valence-electron chi connectivity index (χ0n) is 6.57. The molecular weight excluding hydrogens is 144 g/mol. The molecule has 0 aromatic heterocycles. The first-order chi connectivity index (χ1) is 4.79. The largest absolute Gasteiger partial charge is 0.126 e. The number of alkyl halides is 1. The zero-order chi connectivity index (χ0) is 7.19. The Hall–Kier alpha value is 0.290. The minimum atomic E-state index is 0.738. The lowest BCUT2D eigenvalue weighted by Crippen LogP contribution is -2.11. The molecule has 0 radical (unpaired) electrons. The molecule has 0 nitrogen and oxygen atoms in total. The van der Waals surface area contributed by atoms with E-state index in [1.807, 2.05) is 0 Å². The summed E-state index contributed by atoms with van der Waals surface area (Å²) in [5.41, 5.74) is 0.738. The van der Waals surface area contributed by atoms with Crippen LogP contribution in [0.25, 0.3) is 0 Å². The monoisotopic (exact) mass is 158 g/mol. The maximum Gasteiger partial charge on any atom is 0.0257 e. The number of rotatable bonds is 1. The molecule has 2 aliphatic rings. The van der Waals surface area contributed by atoms with Gasteiger partial charge in [-0.2, -0.15) is 0 Å². The quantitative estimate of drug-likeness (QED) is 0.515.